The molecule has 1 aliphatic rings. The van der Waals surface area contributed by atoms with Gasteiger partial charge in [0.1, 0.15) is 5.82 Å². The molecule has 1 atom stereocenters. The van der Waals surface area contributed by atoms with Gasteiger partial charge in [-0.2, -0.15) is 0 Å². The molecule has 0 saturated heterocycles. The van der Waals surface area contributed by atoms with E-state index in [2.05, 4.69) is 28.8 Å². The molecule has 0 bridgehead atoms. The molecule has 120 valence electrons. The first kappa shape index (κ1) is 15.7. The molecule has 0 spiro atoms. The van der Waals surface area contributed by atoms with Crippen molar-refractivity contribution in [3.05, 3.63) is 70.5 Å². The molecule has 0 fully saturated rings. The number of nitrogens with one attached hydrogen (secondary N) is 2. The number of carbonyl (C=O) groups excluding carboxylic acids is 1. The van der Waals surface area contributed by atoms with Crippen molar-refractivity contribution in [1.29, 1.82) is 0 Å². The summed E-state index contributed by atoms with van der Waals surface area (Å²) in [6.07, 6.45) is 0.357. The molecule has 0 aliphatic carbocycles. The first-order chi connectivity index (χ1) is 11.1. The number of hydrogen-bond donors (Lipinski definition) is 2. The Kier molecular flexibility index (Phi) is 4.72. The van der Waals surface area contributed by atoms with Crippen LogP contribution in [0, 0.1) is 5.82 Å². The predicted molar refractivity (Wildman–Crippen MR) is 88.3 cm³/mol. The maximum atomic E-state index is 13.2. The first-order valence-corrected chi connectivity index (χ1v) is 7.95. The van der Waals surface area contributed by atoms with E-state index >= 15 is 0 Å². The lowest BCUT2D eigenvalue weighted by Crippen LogP contribution is -2.24. The van der Waals surface area contributed by atoms with Crippen LogP contribution < -0.4 is 10.6 Å². The minimum absolute atomic E-state index is 0.00470. The van der Waals surface area contributed by atoms with Crippen LogP contribution in [0.2, 0.25) is 0 Å². The fourth-order valence-electron chi connectivity index (χ4n) is 2.94. The molecule has 2 aromatic rings. The average molecular weight is 312 g/mol. The van der Waals surface area contributed by atoms with Crippen molar-refractivity contribution in [1.82, 2.24) is 10.6 Å². The van der Waals surface area contributed by atoms with Crippen LogP contribution in [0.15, 0.2) is 42.5 Å². The highest BCUT2D eigenvalue weighted by Gasteiger charge is 2.13. The Balaban J connectivity index is 1.53. The van der Waals surface area contributed by atoms with Crippen molar-refractivity contribution in [2.45, 2.75) is 38.9 Å². The zero-order chi connectivity index (χ0) is 16.2. The summed E-state index contributed by atoms with van der Waals surface area (Å²) in [5.41, 5.74) is 4.60. The van der Waals surface area contributed by atoms with Gasteiger partial charge in [-0.05, 0) is 40.3 Å². The maximum absolute atomic E-state index is 13.2. The van der Waals surface area contributed by atoms with Gasteiger partial charge in [-0.1, -0.05) is 37.3 Å². The second kappa shape index (κ2) is 6.92. The number of carbonyl (C=O) groups is 1. The molecule has 0 aromatic heterocycles. The van der Waals surface area contributed by atoms with Crippen LogP contribution in [0.1, 0.15) is 41.5 Å². The third-order valence-corrected chi connectivity index (χ3v) is 4.30. The molecule has 2 aromatic carbocycles. The summed E-state index contributed by atoms with van der Waals surface area (Å²) in [6.45, 7) is 4.29. The molecule has 2 N–H and O–H groups in total. The van der Waals surface area contributed by atoms with Crippen molar-refractivity contribution in [2.24, 2.45) is 0 Å². The normalized spacial score (nSPS) is 14.3. The average Bonchev–Trinajstić information content (AvgIpc) is 3.00. The standard InChI is InChI=1S/C19H21FN2O/c1-13(15-3-2-4-18(20)9-15)7-19(23)22-10-14-5-6-16-11-21-12-17(16)8-14/h2-6,8-9,13,21H,7,10-12H2,1H3,(H,22,23). The predicted octanol–water partition coefficient (Wildman–Crippen LogP) is 3.24. The number of amides is 1. The molecular weight excluding hydrogens is 291 g/mol. The molecule has 0 radical (unpaired) electrons. The Bertz CT molecular complexity index is 714. The van der Waals surface area contributed by atoms with E-state index < -0.39 is 0 Å². The van der Waals surface area contributed by atoms with Crippen molar-refractivity contribution >= 4 is 5.91 Å². The molecule has 1 aliphatic heterocycles. The maximum Gasteiger partial charge on any atom is 0.220 e. The number of fused-ring (bicyclic) bond motifs is 1. The van der Waals surface area contributed by atoms with E-state index in [0.717, 1.165) is 24.2 Å². The lowest BCUT2D eigenvalue weighted by atomic mass is 9.97. The number of hydrogen-bond acceptors (Lipinski definition) is 2. The lowest BCUT2D eigenvalue weighted by Gasteiger charge is -2.12. The summed E-state index contributed by atoms with van der Waals surface area (Å²) < 4.78 is 13.2. The van der Waals surface area contributed by atoms with Crippen LogP contribution in [-0.4, -0.2) is 5.91 Å². The Morgan fingerprint density at radius 1 is 1.22 bits per heavy atom. The highest BCUT2D eigenvalue weighted by Crippen LogP contribution is 2.20. The molecule has 1 unspecified atom stereocenters. The Labute approximate surface area is 135 Å². The molecule has 23 heavy (non-hydrogen) atoms. The Hall–Kier alpha value is -2.20. The fraction of sp³-hybridized carbons (Fsp3) is 0.316. The van der Waals surface area contributed by atoms with Crippen molar-refractivity contribution in [3.63, 3.8) is 0 Å². The van der Waals surface area contributed by atoms with Crippen LogP contribution in [0.3, 0.4) is 0 Å². The van der Waals surface area contributed by atoms with E-state index in [9.17, 15) is 9.18 Å². The SMILES string of the molecule is CC(CC(=O)NCc1ccc2c(c1)CNC2)c1cccc(F)c1. The molecule has 0 saturated carbocycles. The van der Waals surface area contributed by atoms with Crippen molar-refractivity contribution < 1.29 is 9.18 Å². The second-order valence-corrected chi connectivity index (χ2v) is 6.14. The smallest absolute Gasteiger partial charge is 0.220 e. The van der Waals surface area contributed by atoms with Gasteiger partial charge < -0.3 is 10.6 Å². The van der Waals surface area contributed by atoms with Crippen molar-refractivity contribution in [2.75, 3.05) is 0 Å². The molecule has 1 heterocycles. The van der Waals surface area contributed by atoms with Gasteiger partial charge in [0.15, 0.2) is 0 Å². The van der Waals surface area contributed by atoms with Crippen LogP contribution in [-0.2, 0) is 24.4 Å². The minimum atomic E-state index is -0.262. The molecule has 3 rings (SSSR count). The zero-order valence-corrected chi connectivity index (χ0v) is 13.2. The van der Waals surface area contributed by atoms with E-state index in [1.54, 1.807) is 6.07 Å². The van der Waals surface area contributed by atoms with Gasteiger partial charge in [0.2, 0.25) is 5.91 Å². The van der Waals surface area contributed by atoms with Crippen LogP contribution >= 0.6 is 0 Å². The third-order valence-electron chi connectivity index (χ3n) is 4.30. The van der Waals surface area contributed by atoms with E-state index in [1.165, 1.54) is 23.3 Å². The van der Waals surface area contributed by atoms with Gasteiger partial charge >= 0.3 is 0 Å². The zero-order valence-electron chi connectivity index (χ0n) is 13.2. The summed E-state index contributed by atoms with van der Waals surface area (Å²) in [5.74, 6) is -0.281. The molecule has 3 nitrogen and oxygen atoms in total. The Morgan fingerprint density at radius 2 is 2.04 bits per heavy atom. The number of benzene rings is 2. The number of rotatable bonds is 5. The summed E-state index contributed by atoms with van der Waals surface area (Å²) in [6, 6.07) is 12.8. The lowest BCUT2D eigenvalue weighted by molar-refractivity contribution is -0.121. The summed E-state index contributed by atoms with van der Waals surface area (Å²) in [4.78, 5) is 12.1. The minimum Gasteiger partial charge on any atom is -0.352 e. The van der Waals surface area contributed by atoms with Gasteiger partial charge in [0.05, 0.1) is 0 Å². The summed E-state index contributed by atoms with van der Waals surface area (Å²) in [5, 5.41) is 6.26. The fourth-order valence-corrected chi connectivity index (χ4v) is 2.94. The van der Waals surface area contributed by atoms with Gasteiger partial charge in [0.25, 0.3) is 0 Å². The highest BCUT2D eigenvalue weighted by molar-refractivity contribution is 5.76. The van der Waals surface area contributed by atoms with Gasteiger partial charge in [-0.25, -0.2) is 4.39 Å². The van der Waals surface area contributed by atoms with Gasteiger partial charge in [-0.15, -0.1) is 0 Å². The summed E-state index contributed by atoms with van der Waals surface area (Å²) in [7, 11) is 0. The second-order valence-electron chi connectivity index (χ2n) is 6.14. The highest BCUT2D eigenvalue weighted by atomic mass is 19.1. The van der Waals surface area contributed by atoms with Gasteiger partial charge in [-0.3, -0.25) is 4.79 Å². The van der Waals surface area contributed by atoms with Crippen LogP contribution in [0.5, 0.6) is 0 Å². The van der Waals surface area contributed by atoms with Crippen LogP contribution in [0.25, 0.3) is 0 Å². The monoisotopic (exact) mass is 312 g/mol. The van der Waals surface area contributed by atoms with E-state index in [-0.39, 0.29) is 17.6 Å². The first-order valence-electron chi connectivity index (χ1n) is 7.95. The topological polar surface area (TPSA) is 41.1 Å². The largest absolute Gasteiger partial charge is 0.352 e. The molecular formula is C19H21FN2O. The summed E-state index contributed by atoms with van der Waals surface area (Å²) >= 11 is 0. The Morgan fingerprint density at radius 3 is 2.87 bits per heavy atom. The quantitative estimate of drug-likeness (QED) is 0.890. The molecule has 1 amide bonds. The van der Waals surface area contributed by atoms with E-state index in [0.29, 0.717) is 13.0 Å². The van der Waals surface area contributed by atoms with E-state index in [1.807, 2.05) is 13.0 Å². The van der Waals surface area contributed by atoms with E-state index in [4.69, 9.17) is 0 Å². The van der Waals surface area contributed by atoms with Gasteiger partial charge in [0, 0.05) is 26.1 Å². The third kappa shape index (κ3) is 3.96. The number of halogens is 1. The van der Waals surface area contributed by atoms with Crippen LogP contribution in [0.4, 0.5) is 4.39 Å². The molecule has 4 heteroatoms. The van der Waals surface area contributed by atoms with Crippen molar-refractivity contribution in [3.8, 4) is 0 Å².